The molecule has 1 amide bonds. The molecule has 0 spiro atoms. The molecule has 3 rings (SSSR count). The highest BCUT2D eigenvalue weighted by atomic mass is 16.2. The van der Waals surface area contributed by atoms with E-state index in [2.05, 4.69) is 39.5 Å². The monoisotopic (exact) mass is 338 g/mol. The van der Waals surface area contributed by atoms with Crippen molar-refractivity contribution < 1.29 is 4.79 Å². The number of nitrogens with zero attached hydrogens (tertiary/aromatic N) is 3. The second-order valence-corrected chi connectivity index (χ2v) is 7.04. The number of aryl methyl sites for hydroxylation is 1. The molecule has 2 heterocycles. The average molecular weight is 338 g/mol. The maximum Gasteiger partial charge on any atom is 0.225 e. The van der Waals surface area contributed by atoms with E-state index < -0.39 is 0 Å². The third kappa shape index (κ3) is 4.16. The number of hydrogen-bond donors (Lipinski definition) is 1. The topological polar surface area (TPSA) is 58.1 Å². The maximum atomic E-state index is 12.3. The van der Waals surface area contributed by atoms with Gasteiger partial charge in [0.15, 0.2) is 5.82 Å². The number of amides is 1. The summed E-state index contributed by atoms with van der Waals surface area (Å²) in [6.07, 6.45) is 1.93. The van der Waals surface area contributed by atoms with Crippen molar-refractivity contribution >= 4 is 11.7 Å². The molecule has 1 aromatic carbocycles. The first kappa shape index (κ1) is 17.4. The van der Waals surface area contributed by atoms with E-state index in [0.29, 0.717) is 6.54 Å². The highest BCUT2D eigenvalue weighted by molar-refractivity contribution is 5.79. The Morgan fingerprint density at radius 2 is 2.00 bits per heavy atom. The summed E-state index contributed by atoms with van der Waals surface area (Å²) in [6, 6.07) is 12.4. The van der Waals surface area contributed by atoms with Gasteiger partial charge in [-0.1, -0.05) is 24.3 Å². The lowest BCUT2D eigenvalue weighted by Crippen LogP contribution is -2.45. The van der Waals surface area contributed by atoms with Gasteiger partial charge in [-0.2, -0.15) is 0 Å². The minimum atomic E-state index is 0.0222. The number of carbonyl (C=O) groups excluding carboxylic acids is 1. The van der Waals surface area contributed by atoms with Crippen molar-refractivity contribution in [1.82, 2.24) is 15.5 Å². The highest BCUT2D eigenvalue weighted by Gasteiger charge is 2.27. The second-order valence-electron chi connectivity index (χ2n) is 7.04. The zero-order valence-electron chi connectivity index (χ0n) is 15.2. The van der Waals surface area contributed by atoms with Crippen LogP contribution in [-0.2, 0) is 4.79 Å². The molecule has 1 saturated heterocycles. The molecule has 0 aliphatic carbocycles. The lowest BCUT2D eigenvalue weighted by molar-refractivity contribution is -0.125. The summed E-state index contributed by atoms with van der Waals surface area (Å²) in [5, 5.41) is 11.8. The Morgan fingerprint density at radius 1 is 1.20 bits per heavy atom. The fourth-order valence-corrected chi connectivity index (χ4v) is 3.30. The Hall–Kier alpha value is -2.43. The van der Waals surface area contributed by atoms with Gasteiger partial charge < -0.3 is 10.2 Å². The van der Waals surface area contributed by atoms with Gasteiger partial charge in [0.1, 0.15) is 0 Å². The van der Waals surface area contributed by atoms with Crippen LogP contribution in [0.4, 0.5) is 5.82 Å². The third-order valence-corrected chi connectivity index (χ3v) is 4.62. The Bertz CT molecular complexity index is 727. The quantitative estimate of drug-likeness (QED) is 0.930. The maximum absolute atomic E-state index is 12.3. The van der Waals surface area contributed by atoms with Crippen LogP contribution < -0.4 is 10.2 Å². The van der Waals surface area contributed by atoms with E-state index in [1.807, 2.05) is 38.1 Å². The summed E-state index contributed by atoms with van der Waals surface area (Å²) < 4.78 is 0. The van der Waals surface area contributed by atoms with Crippen LogP contribution in [-0.4, -0.2) is 35.2 Å². The van der Waals surface area contributed by atoms with Crippen molar-refractivity contribution in [3.8, 4) is 11.3 Å². The Morgan fingerprint density at radius 3 is 2.68 bits per heavy atom. The van der Waals surface area contributed by atoms with Gasteiger partial charge in [-0.3, -0.25) is 4.79 Å². The van der Waals surface area contributed by atoms with E-state index >= 15 is 0 Å². The SMILES string of the molecule is Cc1ccccc1-c1ccc(N2CCCC(C(=O)NC(C)C)C2)nn1. The normalized spacial score (nSPS) is 17.6. The Labute approximate surface area is 149 Å². The molecule has 0 radical (unpaired) electrons. The van der Waals surface area contributed by atoms with Crippen LogP contribution in [0.2, 0.25) is 0 Å². The molecule has 0 saturated carbocycles. The molecular formula is C20H26N4O. The van der Waals surface area contributed by atoms with E-state index in [9.17, 15) is 4.79 Å². The van der Waals surface area contributed by atoms with E-state index in [1.165, 1.54) is 5.56 Å². The number of anilines is 1. The summed E-state index contributed by atoms with van der Waals surface area (Å²) in [4.78, 5) is 14.5. The zero-order chi connectivity index (χ0) is 17.8. The average Bonchev–Trinajstić information content (AvgIpc) is 2.62. The molecule has 1 N–H and O–H groups in total. The largest absolute Gasteiger partial charge is 0.354 e. The lowest BCUT2D eigenvalue weighted by atomic mass is 9.97. The molecule has 5 heteroatoms. The number of carbonyl (C=O) groups is 1. The van der Waals surface area contributed by atoms with Gasteiger partial charge >= 0.3 is 0 Å². The summed E-state index contributed by atoms with van der Waals surface area (Å²) in [5.41, 5.74) is 3.18. The van der Waals surface area contributed by atoms with Crippen LogP contribution in [0.5, 0.6) is 0 Å². The molecule has 1 aliphatic rings. The molecule has 1 atom stereocenters. The summed E-state index contributed by atoms with van der Waals surface area (Å²) >= 11 is 0. The van der Waals surface area contributed by atoms with Crippen LogP contribution in [0, 0.1) is 12.8 Å². The summed E-state index contributed by atoms with van der Waals surface area (Å²) in [7, 11) is 0. The van der Waals surface area contributed by atoms with Crippen LogP contribution >= 0.6 is 0 Å². The van der Waals surface area contributed by atoms with Crippen molar-refractivity contribution in [2.24, 2.45) is 5.92 Å². The van der Waals surface area contributed by atoms with Gasteiger partial charge in [0.25, 0.3) is 0 Å². The number of rotatable bonds is 4. The van der Waals surface area contributed by atoms with E-state index in [4.69, 9.17) is 0 Å². The number of aromatic nitrogens is 2. The lowest BCUT2D eigenvalue weighted by Gasteiger charge is -2.33. The molecule has 5 nitrogen and oxygen atoms in total. The minimum Gasteiger partial charge on any atom is -0.354 e. The molecule has 1 aliphatic heterocycles. The molecule has 1 fully saturated rings. The van der Waals surface area contributed by atoms with Crippen molar-refractivity contribution in [1.29, 1.82) is 0 Å². The number of benzene rings is 1. The molecule has 0 bridgehead atoms. The van der Waals surface area contributed by atoms with Gasteiger partial charge in [0, 0.05) is 24.7 Å². The number of nitrogens with one attached hydrogen (secondary N) is 1. The number of piperidine rings is 1. The molecular weight excluding hydrogens is 312 g/mol. The fraction of sp³-hybridized carbons (Fsp3) is 0.450. The van der Waals surface area contributed by atoms with Crippen LogP contribution in [0.3, 0.4) is 0 Å². The van der Waals surface area contributed by atoms with Crippen molar-refractivity contribution in [2.45, 2.75) is 39.7 Å². The third-order valence-electron chi connectivity index (χ3n) is 4.62. The first-order valence-electron chi connectivity index (χ1n) is 8.99. The Kier molecular flexibility index (Phi) is 5.31. The standard InChI is InChI=1S/C20H26N4O/c1-14(2)21-20(25)16-8-6-12-24(13-16)19-11-10-18(22-23-19)17-9-5-4-7-15(17)3/h4-5,7,9-11,14,16H,6,8,12-13H2,1-3H3,(H,21,25). The molecule has 1 unspecified atom stereocenters. The van der Waals surface area contributed by atoms with E-state index in [1.54, 1.807) is 0 Å². The minimum absolute atomic E-state index is 0.0222. The predicted octanol–water partition coefficient (Wildman–Crippen LogP) is 3.19. The first-order valence-corrected chi connectivity index (χ1v) is 8.99. The molecule has 132 valence electrons. The van der Waals surface area contributed by atoms with Gasteiger partial charge in [-0.15, -0.1) is 10.2 Å². The predicted molar refractivity (Wildman–Crippen MR) is 100 cm³/mol. The van der Waals surface area contributed by atoms with Crippen LogP contribution in [0.1, 0.15) is 32.3 Å². The van der Waals surface area contributed by atoms with Crippen LogP contribution in [0.15, 0.2) is 36.4 Å². The Balaban J connectivity index is 1.72. The zero-order valence-corrected chi connectivity index (χ0v) is 15.2. The van der Waals surface area contributed by atoms with E-state index in [-0.39, 0.29) is 17.9 Å². The van der Waals surface area contributed by atoms with Crippen molar-refractivity contribution in [2.75, 3.05) is 18.0 Å². The van der Waals surface area contributed by atoms with Crippen LogP contribution in [0.25, 0.3) is 11.3 Å². The number of hydrogen-bond acceptors (Lipinski definition) is 4. The molecule has 25 heavy (non-hydrogen) atoms. The summed E-state index contributed by atoms with van der Waals surface area (Å²) in [6.45, 7) is 7.69. The molecule has 2 aromatic rings. The fourth-order valence-electron chi connectivity index (χ4n) is 3.30. The summed E-state index contributed by atoms with van der Waals surface area (Å²) in [5.74, 6) is 1.01. The van der Waals surface area contributed by atoms with Gasteiger partial charge in [-0.25, -0.2) is 0 Å². The smallest absolute Gasteiger partial charge is 0.225 e. The van der Waals surface area contributed by atoms with Gasteiger partial charge in [-0.05, 0) is 51.3 Å². The van der Waals surface area contributed by atoms with Crippen molar-refractivity contribution in [3.63, 3.8) is 0 Å². The first-order chi connectivity index (χ1) is 12.0. The van der Waals surface area contributed by atoms with Gasteiger partial charge in [0.05, 0.1) is 11.6 Å². The van der Waals surface area contributed by atoms with E-state index in [0.717, 1.165) is 36.5 Å². The van der Waals surface area contributed by atoms with Crippen molar-refractivity contribution in [3.05, 3.63) is 42.0 Å². The van der Waals surface area contributed by atoms with Gasteiger partial charge in [0.2, 0.25) is 5.91 Å². The molecule has 1 aromatic heterocycles. The second kappa shape index (κ2) is 7.64. The highest BCUT2D eigenvalue weighted by Crippen LogP contribution is 2.24.